The summed E-state index contributed by atoms with van der Waals surface area (Å²) in [5.41, 5.74) is 0. The van der Waals surface area contributed by atoms with Crippen LogP contribution >= 0.6 is 0 Å². The normalized spacial score (nSPS) is 12.2. The third-order valence-corrected chi connectivity index (χ3v) is 7.48. The first-order valence-electron chi connectivity index (χ1n) is 16.6. The number of esters is 1. The quantitative estimate of drug-likeness (QED) is 0.0721. The van der Waals surface area contributed by atoms with E-state index in [1.807, 2.05) is 0 Å². The highest BCUT2D eigenvalue weighted by Crippen LogP contribution is 2.16. The van der Waals surface area contributed by atoms with Crippen LogP contribution in [0.3, 0.4) is 0 Å². The smallest absolute Gasteiger partial charge is 0.303 e. The Balaban J connectivity index is 3.10. The van der Waals surface area contributed by atoms with E-state index >= 15 is 0 Å². The first kappa shape index (κ1) is 36.4. The van der Waals surface area contributed by atoms with Crippen molar-refractivity contribution in [2.45, 2.75) is 187 Å². The summed E-state index contributed by atoms with van der Waals surface area (Å²) in [6.45, 7) is 4.43. The maximum atomic E-state index is 10.9. The molecule has 1 atom stereocenters. The second-order valence-corrected chi connectivity index (χ2v) is 11.3. The SMILES string of the molecule is CCCCCCCCCCCCCCCCCCCCCCCCCCCCOCC(CO)OC(C)=O. The number of carbonyl (C=O) groups excluding carboxylic acids is 1. The van der Waals surface area contributed by atoms with Gasteiger partial charge in [0, 0.05) is 13.5 Å². The van der Waals surface area contributed by atoms with Crippen molar-refractivity contribution in [3.8, 4) is 0 Å². The minimum atomic E-state index is -0.526. The summed E-state index contributed by atoms with van der Waals surface area (Å²) >= 11 is 0. The summed E-state index contributed by atoms with van der Waals surface area (Å²) in [5, 5.41) is 9.12. The molecule has 1 N–H and O–H groups in total. The Hall–Kier alpha value is -0.610. The third-order valence-electron chi connectivity index (χ3n) is 7.48. The van der Waals surface area contributed by atoms with Gasteiger partial charge in [-0.3, -0.25) is 4.79 Å². The predicted octanol–water partition coefficient (Wildman–Crippen LogP) is 10.1. The van der Waals surface area contributed by atoms with E-state index in [0.717, 1.165) is 6.42 Å². The second kappa shape index (κ2) is 31.6. The highest BCUT2D eigenvalue weighted by molar-refractivity contribution is 5.66. The van der Waals surface area contributed by atoms with Crippen LogP contribution in [0.1, 0.15) is 181 Å². The molecule has 0 bridgehead atoms. The van der Waals surface area contributed by atoms with Crippen LogP contribution in [0.2, 0.25) is 0 Å². The summed E-state index contributed by atoms with van der Waals surface area (Å²) < 4.78 is 10.5. The van der Waals surface area contributed by atoms with Crippen LogP contribution in [0.15, 0.2) is 0 Å². The number of hydrogen-bond donors (Lipinski definition) is 1. The molecule has 4 heteroatoms. The maximum absolute atomic E-state index is 10.9. The molecule has 0 saturated carbocycles. The van der Waals surface area contributed by atoms with Gasteiger partial charge in [0.25, 0.3) is 0 Å². The number of unbranched alkanes of at least 4 members (excludes halogenated alkanes) is 25. The van der Waals surface area contributed by atoms with Gasteiger partial charge in [-0.25, -0.2) is 0 Å². The molecule has 0 amide bonds. The van der Waals surface area contributed by atoms with Crippen molar-refractivity contribution in [2.24, 2.45) is 0 Å². The van der Waals surface area contributed by atoms with E-state index in [2.05, 4.69) is 6.92 Å². The van der Waals surface area contributed by atoms with E-state index in [0.29, 0.717) is 6.61 Å². The van der Waals surface area contributed by atoms with Gasteiger partial charge in [0.05, 0.1) is 13.2 Å². The first-order valence-corrected chi connectivity index (χ1v) is 16.6. The lowest BCUT2D eigenvalue weighted by atomic mass is 10.0. The van der Waals surface area contributed by atoms with Crippen molar-refractivity contribution >= 4 is 5.97 Å². The number of aliphatic hydroxyl groups is 1. The van der Waals surface area contributed by atoms with E-state index in [-0.39, 0.29) is 19.2 Å². The molecule has 0 saturated heterocycles. The average Bonchev–Trinajstić information content (AvgIpc) is 2.89. The van der Waals surface area contributed by atoms with Crippen LogP contribution in [-0.2, 0) is 14.3 Å². The second-order valence-electron chi connectivity index (χ2n) is 11.3. The molecular formula is C33H66O4. The van der Waals surface area contributed by atoms with E-state index in [4.69, 9.17) is 14.6 Å². The van der Waals surface area contributed by atoms with Gasteiger partial charge in [-0.2, -0.15) is 0 Å². The molecule has 0 rings (SSSR count). The summed E-state index contributed by atoms with van der Waals surface area (Å²) in [5.74, 6) is -0.372. The van der Waals surface area contributed by atoms with Gasteiger partial charge in [0.1, 0.15) is 6.10 Å². The predicted molar refractivity (Wildman–Crippen MR) is 159 cm³/mol. The summed E-state index contributed by atoms with van der Waals surface area (Å²) in [6, 6.07) is 0. The number of hydrogen-bond acceptors (Lipinski definition) is 4. The number of aliphatic hydroxyl groups excluding tert-OH is 1. The van der Waals surface area contributed by atoms with E-state index < -0.39 is 6.10 Å². The van der Waals surface area contributed by atoms with Crippen molar-refractivity contribution in [3.63, 3.8) is 0 Å². The molecule has 1 unspecified atom stereocenters. The van der Waals surface area contributed by atoms with E-state index in [1.54, 1.807) is 0 Å². The monoisotopic (exact) mass is 526 g/mol. The highest BCUT2D eigenvalue weighted by atomic mass is 16.6. The van der Waals surface area contributed by atoms with Gasteiger partial charge in [0.15, 0.2) is 0 Å². The Labute approximate surface area is 232 Å². The fraction of sp³-hybridized carbons (Fsp3) is 0.970. The Morgan fingerprint density at radius 1 is 0.541 bits per heavy atom. The summed E-state index contributed by atoms with van der Waals surface area (Å²) in [6.07, 6.45) is 36.0. The molecule has 0 aliphatic heterocycles. The van der Waals surface area contributed by atoms with Crippen LogP contribution in [0.25, 0.3) is 0 Å². The molecule has 4 nitrogen and oxygen atoms in total. The zero-order valence-corrected chi connectivity index (χ0v) is 25.3. The van der Waals surface area contributed by atoms with Crippen LogP contribution in [-0.4, -0.2) is 37.0 Å². The van der Waals surface area contributed by atoms with Crippen molar-refractivity contribution < 1.29 is 19.4 Å². The van der Waals surface area contributed by atoms with Crippen molar-refractivity contribution in [1.82, 2.24) is 0 Å². The standard InChI is InChI=1S/C33H66O4/c1-3-4-5-6-7-8-9-10-11-12-13-14-15-16-17-18-19-20-21-22-23-24-25-26-27-28-29-36-31-33(30-34)37-32(2)35/h33-34H,3-31H2,1-2H3. The number of rotatable bonds is 31. The Kier molecular flexibility index (Phi) is 31.1. The molecule has 0 radical (unpaired) electrons. The maximum Gasteiger partial charge on any atom is 0.303 e. The Morgan fingerprint density at radius 3 is 1.11 bits per heavy atom. The van der Waals surface area contributed by atoms with Gasteiger partial charge >= 0.3 is 5.97 Å². The molecule has 0 heterocycles. The molecule has 222 valence electrons. The van der Waals surface area contributed by atoms with Gasteiger partial charge in [-0.15, -0.1) is 0 Å². The number of carbonyl (C=O) groups is 1. The summed E-state index contributed by atoms with van der Waals surface area (Å²) in [7, 11) is 0. The van der Waals surface area contributed by atoms with Gasteiger partial charge < -0.3 is 14.6 Å². The van der Waals surface area contributed by atoms with Crippen LogP contribution in [0.5, 0.6) is 0 Å². The molecule has 0 aliphatic rings. The molecular weight excluding hydrogens is 460 g/mol. The third kappa shape index (κ3) is 31.5. The van der Waals surface area contributed by atoms with Crippen molar-refractivity contribution in [1.29, 1.82) is 0 Å². The van der Waals surface area contributed by atoms with Crippen molar-refractivity contribution in [2.75, 3.05) is 19.8 Å². The molecule has 0 fully saturated rings. The molecule has 0 aliphatic carbocycles. The molecule has 0 aromatic heterocycles. The minimum Gasteiger partial charge on any atom is -0.458 e. The fourth-order valence-corrected chi connectivity index (χ4v) is 5.09. The highest BCUT2D eigenvalue weighted by Gasteiger charge is 2.10. The first-order chi connectivity index (χ1) is 18.2. The van der Waals surface area contributed by atoms with E-state index in [1.165, 1.54) is 167 Å². The minimum absolute atomic E-state index is 0.181. The Morgan fingerprint density at radius 2 is 0.838 bits per heavy atom. The molecule has 37 heavy (non-hydrogen) atoms. The zero-order chi connectivity index (χ0) is 27.1. The fourth-order valence-electron chi connectivity index (χ4n) is 5.09. The molecule has 0 spiro atoms. The van der Waals surface area contributed by atoms with Crippen LogP contribution in [0.4, 0.5) is 0 Å². The van der Waals surface area contributed by atoms with Gasteiger partial charge in [-0.05, 0) is 6.42 Å². The van der Waals surface area contributed by atoms with Crippen LogP contribution < -0.4 is 0 Å². The molecule has 0 aromatic carbocycles. The van der Waals surface area contributed by atoms with Crippen LogP contribution in [0, 0.1) is 0 Å². The van der Waals surface area contributed by atoms with E-state index in [9.17, 15) is 4.79 Å². The lowest BCUT2D eigenvalue weighted by Gasteiger charge is -2.14. The molecule has 0 aromatic rings. The van der Waals surface area contributed by atoms with Crippen molar-refractivity contribution in [3.05, 3.63) is 0 Å². The lowest BCUT2D eigenvalue weighted by molar-refractivity contribution is -0.152. The zero-order valence-electron chi connectivity index (χ0n) is 25.3. The number of ether oxygens (including phenoxy) is 2. The van der Waals surface area contributed by atoms with Gasteiger partial charge in [-0.1, -0.05) is 167 Å². The topological polar surface area (TPSA) is 55.8 Å². The Bertz CT molecular complexity index is 440. The van der Waals surface area contributed by atoms with Gasteiger partial charge in [0.2, 0.25) is 0 Å². The lowest BCUT2D eigenvalue weighted by Crippen LogP contribution is -2.26. The average molecular weight is 527 g/mol. The summed E-state index contributed by atoms with van der Waals surface area (Å²) in [4.78, 5) is 10.9. The largest absolute Gasteiger partial charge is 0.458 e.